The Labute approximate surface area is 50.0 Å². The summed E-state index contributed by atoms with van der Waals surface area (Å²) in [4.78, 5) is -2.64. The molecule has 0 saturated heterocycles. The SMILES string of the molecule is CCCC(F)(F)Br. The van der Waals surface area contributed by atoms with Crippen molar-refractivity contribution in [3.8, 4) is 0 Å². The molecule has 0 spiro atoms. The van der Waals surface area contributed by atoms with Gasteiger partial charge in [-0.15, -0.1) is 0 Å². The summed E-state index contributed by atoms with van der Waals surface area (Å²) >= 11 is 2.21. The van der Waals surface area contributed by atoms with Gasteiger partial charge in [-0.3, -0.25) is 0 Å². The van der Waals surface area contributed by atoms with Crippen LogP contribution >= 0.6 is 15.9 Å². The Morgan fingerprint density at radius 2 is 2.00 bits per heavy atom. The van der Waals surface area contributed by atoms with Crippen molar-refractivity contribution in [2.24, 2.45) is 0 Å². The molecule has 0 bridgehead atoms. The minimum Gasteiger partial charge on any atom is -0.194 e. The maximum absolute atomic E-state index is 11.6. The highest BCUT2D eigenvalue weighted by molar-refractivity contribution is 9.09. The van der Waals surface area contributed by atoms with Crippen molar-refractivity contribution in [1.82, 2.24) is 0 Å². The molecule has 0 aromatic carbocycles. The fourth-order valence-corrected chi connectivity index (χ4v) is 0.680. The highest BCUT2D eigenvalue weighted by Crippen LogP contribution is 2.26. The molecule has 0 heterocycles. The van der Waals surface area contributed by atoms with Gasteiger partial charge in [0.2, 0.25) is 0 Å². The van der Waals surface area contributed by atoms with E-state index in [0.29, 0.717) is 6.42 Å². The van der Waals surface area contributed by atoms with Gasteiger partial charge in [0.15, 0.2) is 0 Å². The molecular weight excluding hydrogens is 166 g/mol. The van der Waals surface area contributed by atoms with Crippen LogP contribution in [-0.4, -0.2) is 4.83 Å². The second-order valence-electron chi connectivity index (χ2n) is 1.37. The molecular formula is C4H7BrF2. The van der Waals surface area contributed by atoms with Crippen molar-refractivity contribution in [3.63, 3.8) is 0 Å². The molecule has 44 valence electrons. The molecule has 0 aliphatic heterocycles. The summed E-state index contributed by atoms with van der Waals surface area (Å²) in [7, 11) is 0. The number of rotatable bonds is 2. The van der Waals surface area contributed by atoms with Gasteiger partial charge in [-0.1, -0.05) is 6.92 Å². The van der Waals surface area contributed by atoms with Crippen molar-refractivity contribution in [2.45, 2.75) is 24.6 Å². The van der Waals surface area contributed by atoms with E-state index in [1.807, 2.05) is 0 Å². The van der Waals surface area contributed by atoms with Gasteiger partial charge >= 0.3 is 4.83 Å². The maximum Gasteiger partial charge on any atom is 0.301 e. The lowest BCUT2D eigenvalue weighted by molar-refractivity contribution is 0.103. The molecule has 0 aliphatic rings. The second-order valence-corrected chi connectivity index (χ2v) is 2.53. The van der Waals surface area contributed by atoms with Crippen LogP contribution in [0, 0.1) is 0 Å². The Bertz CT molecular complexity index is 48.1. The average Bonchev–Trinajstić information content (AvgIpc) is 1.30. The van der Waals surface area contributed by atoms with Gasteiger partial charge in [-0.2, -0.15) is 8.78 Å². The fourth-order valence-electron chi connectivity index (χ4n) is 0.283. The van der Waals surface area contributed by atoms with E-state index in [1.54, 1.807) is 6.92 Å². The van der Waals surface area contributed by atoms with E-state index in [-0.39, 0.29) is 6.42 Å². The van der Waals surface area contributed by atoms with E-state index in [2.05, 4.69) is 15.9 Å². The topological polar surface area (TPSA) is 0 Å². The summed E-state index contributed by atoms with van der Waals surface area (Å²) in [5, 5.41) is 0. The third-order valence-electron chi connectivity index (χ3n) is 0.533. The molecule has 0 aromatic heterocycles. The van der Waals surface area contributed by atoms with Crippen LogP contribution in [-0.2, 0) is 0 Å². The molecule has 0 unspecified atom stereocenters. The van der Waals surface area contributed by atoms with Gasteiger partial charge in [0, 0.05) is 6.42 Å². The highest BCUT2D eigenvalue weighted by atomic mass is 79.9. The molecule has 0 aliphatic carbocycles. The Balaban J connectivity index is 3.15. The molecule has 7 heavy (non-hydrogen) atoms. The standard InChI is InChI=1S/C4H7BrF2/c1-2-3-4(5,6)7/h2-3H2,1H3. The first-order valence-electron chi connectivity index (χ1n) is 2.13. The zero-order valence-corrected chi connectivity index (χ0v) is 5.63. The second kappa shape index (κ2) is 2.60. The van der Waals surface area contributed by atoms with E-state index < -0.39 is 4.83 Å². The smallest absolute Gasteiger partial charge is 0.194 e. The molecule has 3 heteroatoms. The monoisotopic (exact) mass is 172 g/mol. The first kappa shape index (κ1) is 7.34. The number of halogens is 3. The maximum atomic E-state index is 11.6. The quantitative estimate of drug-likeness (QED) is 0.563. The molecule has 0 nitrogen and oxygen atoms in total. The first-order valence-corrected chi connectivity index (χ1v) is 2.92. The van der Waals surface area contributed by atoms with Crippen molar-refractivity contribution in [2.75, 3.05) is 0 Å². The van der Waals surface area contributed by atoms with Gasteiger partial charge in [0.1, 0.15) is 0 Å². The fraction of sp³-hybridized carbons (Fsp3) is 1.00. The summed E-state index contributed by atoms with van der Waals surface area (Å²) in [5.74, 6) is 0. The molecule has 0 saturated carbocycles. The Hall–Kier alpha value is 0.340. The van der Waals surface area contributed by atoms with Crippen molar-refractivity contribution in [1.29, 1.82) is 0 Å². The minimum atomic E-state index is -2.64. The van der Waals surface area contributed by atoms with Crippen LogP contribution in [0.5, 0.6) is 0 Å². The van der Waals surface area contributed by atoms with Crippen molar-refractivity contribution >= 4 is 15.9 Å². The molecule has 0 aromatic rings. The van der Waals surface area contributed by atoms with Crippen LogP contribution in [0.4, 0.5) is 8.78 Å². The summed E-state index contributed by atoms with van der Waals surface area (Å²) in [6, 6.07) is 0. The van der Waals surface area contributed by atoms with E-state index in [4.69, 9.17) is 0 Å². The summed E-state index contributed by atoms with van der Waals surface area (Å²) in [6.45, 7) is 1.72. The van der Waals surface area contributed by atoms with Gasteiger partial charge in [0.05, 0.1) is 0 Å². The molecule has 0 N–H and O–H groups in total. The molecule has 0 amide bonds. The van der Waals surface area contributed by atoms with Crippen LogP contribution in [0.2, 0.25) is 0 Å². The van der Waals surface area contributed by atoms with Gasteiger partial charge in [0.25, 0.3) is 0 Å². The molecule has 0 radical (unpaired) electrons. The third kappa shape index (κ3) is 6.34. The van der Waals surface area contributed by atoms with Crippen LogP contribution < -0.4 is 0 Å². The Kier molecular flexibility index (Phi) is 2.73. The van der Waals surface area contributed by atoms with Gasteiger partial charge in [-0.05, 0) is 22.4 Å². The lowest BCUT2D eigenvalue weighted by atomic mass is 10.4. The van der Waals surface area contributed by atoms with E-state index in [1.165, 1.54) is 0 Å². The Morgan fingerprint density at radius 1 is 1.57 bits per heavy atom. The summed E-state index contributed by atoms with van der Waals surface area (Å²) < 4.78 is 23.3. The van der Waals surface area contributed by atoms with Crippen LogP contribution in [0.25, 0.3) is 0 Å². The third-order valence-corrected chi connectivity index (χ3v) is 0.930. The Morgan fingerprint density at radius 3 is 2.00 bits per heavy atom. The number of hydrogen-bond donors (Lipinski definition) is 0. The molecule has 0 rings (SSSR count). The molecule has 0 fully saturated rings. The average molecular weight is 173 g/mol. The molecule has 0 atom stereocenters. The van der Waals surface area contributed by atoms with E-state index >= 15 is 0 Å². The van der Waals surface area contributed by atoms with Crippen LogP contribution in [0.15, 0.2) is 0 Å². The van der Waals surface area contributed by atoms with E-state index in [9.17, 15) is 8.78 Å². The zero-order valence-electron chi connectivity index (χ0n) is 4.05. The summed E-state index contributed by atoms with van der Waals surface area (Å²) in [6.07, 6.45) is 0.436. The van der Waals surface area contributed by atoms with Gasteiger partial charge < -0.3 is 0 Å². The summed E-state index contributed by atoms with van der Waals surface area (Å²) in [5.41, 5.74) is 0. The lowest BCUT2D eigenvalue weighted by Gasteiger charge is -2.02. The zero-order chi connectivity index (χ0) is 5.91. The van der Waals surface area contributed by atoms with Crippen molar-refractivity contribution in [3.05, 3.63) is 0 Å². The van der Waals surface area contributed by atoms with Gasteiger partial charge in [-0.25, -0.2) is 0 Å². The first-order chi connectivity index (χ1) is 3.06. The van der Waals surface area contributed by atoms with Crippen LogP contribution in [0.1, 0.15) is 19.8 Å². The predicted octanol–water partition coefficient (Wildman–Crippen LogP) is 2.77. The number of hydrogen-bond acceptors (Lipinski definition) is 0. The largest absolute Gasteiger partial charge is 0.301 e. The normalized spacial score (nSPS) is 12.0. The lowest BCUT2D eigenvalue weighted by Crippen LogP contribution is -2.01. The predicted molar refractivity (Wildman–Crippen MR) is 28.8 cm³/mol. The number of alkyl halides is 3. The van der Waals surface area contributed by atoms with Crippen LogP contribution in [0.3, 0.4) is 0 Å². The van der Waals surface area contributed by atoms with E-state index in [0.717, 1.165) is 0 Å². The van der Waals surface area contributed by atoms with Crippen molar-refractivity contribution < 1.29 is 8.78 Å². The minimum absolute atomic E-state index is 0.0764. The highest BCUT2D eigenvalue weighted by Gasteiger charge is 2.20.